The Balaban J connectivity index is 2.03. The van der Waals surface area contributed by atoms with Crippen LogP contribution in [0.1, 0.15) is 86.6 Å². The topological polar surface area (TPSA) is 72.9 Å². The van der Waals surface area contributed by atoms with Gasteiger partial charge in [-0.15, -0.1) is 0 Å². The molecule has 0 amide bonds. The lowest BCUT2D eigenvalue weighted by Gasteiger charge is -2.38. The Bertz CT molecular complexity index is 1090. The SMILES string of the molecule is CC(C)S(=O)(=O)CC1CCC(C(=O)Cc2ccc(N(CCO[Si](C)(C)C(C)(C)C)CCO[Si](C)(C)C(C)(C)C)cc2)CC1. The summed E-state index contributed by atoms with van der Waals surface area (Å²) in [6.45, 7) is 29.3. The number of sulfone groups is 1. The molecule has 9 heteroatoms. The van der Waals surface area contributed by atoms with Crippen molar-refractivity contribution in [3.8, 4) is 0 Å². The van der Waals surface area contributed by atoms with Crippen LogP contribution >= 0.6 is 0 Å². The summed E-state index contributed by atoms with van der Waals surface area (Å²) in [5, 5.41) is 0.00510. The largest absolute Gasteiger partial charge is 0.415 e. The van der Waals surface area contributed by atoms with Gasteiger partial charge in [0.25, 0.3) is 0 Å². The summed E-state index contributed by atoms with van der Waals surface area (Å²) in [6, 6.07) is 8.44. The third-order valence-electron chi connectivity index (χ3n) is 10.4. The van der Waals surface area contributed by atoms with Crippen molar-refractivity contribution in [3.63, 3.8) is 0 Å². The highest BCUT2D eigenvalue weighted by atomic mass is 32.2. The van der Waals surface area contributed by atoms with Crippen LogP contribution in [0.25, 0.3) is 0 Å². The summed E-state index contributed by atoms with van der Waals surface area (Å²) in [6.07, 6.45) is 3.67. The van der Waals surface area contributed by atoms with Crippen LogP contribution in [-0.4, -0.2) is 68.1 Å². The molecule has 0 radical (unpaired) electrons. The number of ketones is 1. The third kappa shape index (κ3) is 11.4. The predicted molar refractivity (Wildman–Crippen MR) is 188 cm³/mol. The zero-order chi connectivity index (χ0) is 32.9. The molecule has 6 nitrogen and oxygen atoms in total. The van der Waals surface area contributed by atoms with Crippen molar-refractivity contribution >= 4 is 37.9 Å². The maximum absolute atomic E-state index is 13.2. The Morgan fingerprint density at radius 3 is 1.67 bits per heavy atom. The first kappa shape index (κ1) is 38.2. The average molecular weight is 654 g/mol. The Labute approximate surface area is 266 Å². The van der Waals surface area contributed by atoms with Gasteiger partial charge in [-0.05, 0) is 99.4 Å². The van der Waals surface area contributed by atoms with E-state index in [0.717, 1.165) is 50.0 Å². The summed E-state index contributed by atoms with van der Waals surface area (Å²) in [7, 11) is -6.72. The first-order valence-corrected chi connectivity index (χ1v) is 23.9. The summed E-state index contributed by atoms with van der Waals surface area (Å²) in [4.78, 5) is 15.5. The fourth-order valence-corrected chi connectivity index (χ4v) is 8.41. The van der Waals surface area contributed by atoms with Gasteiger partial charge in [0.2, 0.25) is 0 Å². The van der Waals surface area contributed by atoms with E-state index in [1.807, 2.05) is 0 Å². The van der Waals surface area contributed by atoms with Gasteiger partial charge in [0.15, 0.2) is 26.5 Å². The number of carbonyl (C=O) groups excluding carboxylic acids is 1. The van der Waals surface area contributed by atoms with Crippen LogP contribution in [0.3, 0.4) is 0 Å². The fourth-order valence-electron chi connectivity index (χ4n) is 4.97. The molecule has 0 atom stereocenters. The normalized spacial score (nSPS) is 19.1. The minimum absolute atomic E-state index is 0.0363. The van der Waals surface area contributed by atoms with Gasteiger partial charge < -0.3 is 13.8 Å². The molecule has 1 aliphatic carbocycles. The molecule has 0 unspecified atom stereocenters. The van der Waals surface area contributed by atoms with E-state index >= 15 is 0 Å². The third-order valence-corrected chi connectivity index (χ3v) is 21.9. The van der Waals surface area contributed by atoms with Crippen LogP contribution in [0.4, 0.5) is 5.69 Å². The number of nitrogens with zero attached hydrogens (tertiary/aromatic N) is 1. The van der Waals surface area contributed by atoms with E-state index in [1.165, 1.54) is 0 Å². The molecule has 43 heavy (non-hydrogen) atoms. The van der Waals surface area contributed by atoms with E-state index in [4.69, 9.17) is 8.85 Å². The smallest absolute Gasteiger partial charge is 0.192 e. The van der Waals surface area contributed by atoms with E-state index in [9.17, 15) is 13.2 Å². The van der Waals surface area contributed by atoms with E-state index in [1.54, 1.807) is 13.8 Å². The van der Waals surface area contributed by atoms with Crippen LogP contribution in [0.15, 0.2) is 24.3 Å². The molecule has 1 aromatic carbocycles. The summed E-state index contributed by atoms with van der Waals surface area (Å²) in [5.74, 6) is 0.753. The van der Waals surface area contributed by atoms with Crippen molar-refractivity contribution in [2.24, 2.45) is 11.8 Å². The highest BCUT2D eigenvalue weighted by molar-refractivity contribution is 7.91. The van der Waals surface area contributed by atoms with Gasteiger partial charge in [0.05, 0.1) is 24.2 Å². The molecule has 248 valence electrons. The van der Waals surface area contributed by atoms with Crippen LogP contribution in [0, 0.1) is 11.8 Å². The summed E-state index contributed by atoms with van der Waals surface area (Å²) in [5.41, 5.74) is 2.16. The molecule has 0 bridgehead atoms. The lowest BCUT2D eigenvalue weighted by Crippen LogP contribution is -2.44. The predicted octanol–water partition coefficient (Wildman–Crippen LogP) is 8.28. The molecule has 2 rings (SSSR count). The van der Waals surface area contributed by atoms with Crippen molar-refractivity contribution in [3.05, 3.63) is 29.8 Å². The Hall–Kier alpha value is -1.01. The fraction of sp³-hybridized carbons (Fsp3) is 0.794. The molecule has 0 aliphatic heterocycles. The zero-order valence-electron chi connectivity index (χ0n) is 29.5. The van der Waals surface area contributed by atoms with E-state index in [0.29, 0.717) is 19.6 Å². The van der Waals surface area contributed by atoms with Crippen molar-refractivity contribution in [1.29, 1.82) is 0 Å². The number of hydrogen-bond acceptors (Lipinski definition) is 6. The van der Waals surface area contributed by atoms with Gasteiger partial charge in [0, 0.05) is 31.1 Å². The number of Topliss-reactive ketones (excluding diaryl/α,β-unsaturated/α-hetero) is 1. The van der Waals surface area contributed by atoms with Crippen LogP contribution in [0.5, 0.6) is 0 Å². The van der Waals surface area contributed by atoms with Gasteiger partial charge in [-0.1, -0.05) is 53.7 Å². The summed E-state index contributed by atoms with van der Waals surface area (Å²) < 4.78 is 37.7. The Morgan fingerprint density at radius 1 is 0.837 bits per heavy atom. The van der Waals surface area contributed by atoms with Crippen LogP contribution < -0.4 is 4.90 Å². The van der Waals surface area contributed by atoms with Gasteiger partial charge in [0.1, 0.15) is 5.78 Å². The molecular weight excluding hydrogens is 591 g/mol. The molecule has 0 N–H and O–H groups in total. The molecular formula is C34H63NO5SSi2. The van der Waals surface area contributed by atoms with Crippen LogP contribution in [-0.2, 0) is 29.9 Å². The molecule has 0 spiro atoms. The van der Waals surface area contributed by atoms with Gasteiger partial charge >= 0.3 is 0 Å². The molecule has 0 saturated heterocycles. The van der Waals surface area contributed by atoms with Gasteiger partial charge in [-0.2, -0.15) is 0 Å². The highest BCUT2D eigenvalue weighted by Gasteiger charge is 2.38. The molecule has 1 saturated carbocycles. The molecule has 1 aromatic rings. The number of carbonyl (C=O) groups is 1. The van der Waals surface area contributed by atoms with E-state index in [-0.39, 0.29) is 38.7 Å². The maximum Gasteiger partial charge on any atom is 0.192 e. The second-order valence-corrected chi connectivity index (χ2v) is 28.3. The molecule has 0 heterocycles. The van der Waals surface area contributed by atoms with E-state index < -0.39 is 26.5 Å². The lowest BCUT2D eigenvalue weighted by molar-refractivity contribution is -0.123. The Kier molecular flexibility index (Phi) is 13.4. The van der Waals surface area contributed by atoms with Crippen molar-refractivity contribution in [2.45, 2.75) is 129 Å². The van der Waals surface area contributed by atoms with E-state index in [2.05, 4.69) is 96.9 Å². The highest BCUT2D eigenvalue weighted by Crippen LogP contribution is 2.37. The number of hydrogen-bond donors (Lipinski definition) is 0. The summed E-state index contributed by atoms with van der Waals surface area (Å²) >= 11 is 0. The second-order valence-electron chi connectivity index (χ2n) is 16.1. The quantitative estimate of drug-likeness (QED) is 0.177. The van der Waals surface area contributed by atoms with Gasteiger partial charge in [-0.3, -0.25) is 4.79 Å². The number of benzene rings is 1. The molecule has 0 aromatic heterocycles. The van der Waals surface area contributed by atoms with Crippen molar-refractivity contribution in [1.82, 2.24) is 0 Å². The molecule has 1 aliphatic rings. The van der Waals surface area contributed by atoms with Crippen LogP contribution in [0.2, 0.25) is 36.3 Å². The Morgan fingerprint density at radius 2 is 1.28 bits per heavy atom. The number of anilines is 1. The van der Waals surface area contributed by atoms with Crippen molar-refractivity contribution < 1.29 is 22.1 Å². The second kappa shape index (κ2) is 15.1. The lowest BCUT2D eigenvalue weighted by atomic mass is 9.79. The minimum Gasteiger partial charge on any atom is -0.415 e. The maximum atomic E-state index is 13.2. The average Bonchev–Trinajstić information content (AvgIpc) is 2.87. The minimum atomic E-state index is -3.04. The first-order valence-electron chi connectivity index (χ1n) is 16.4. The number of rotatable bonds is 15. The van der Waals surface area contributed by atoms with Crippen molar-refractivity contribution in [2.75, 3.05) is 37.0 Å². The first-order chi connectivity index (χ1) is 19.6. The zero-order valence-corrected chi connectivity index (χ0v) is 32.3. The standard InChI is InChI=1S/C34H63NO5SSi2/c1-27(2)41(37,38)26-29-13-17-30(18-14-29)32(36)25-28-15-19-31(20-16-28)35(21-23-39-42(9,10)33(3,4)5)22-24-40-43(11,12)34(6,7)8/h15-16,19-20,27,29-30H,13-14,17-18,21-26H2,1-12H3. The van der Waals surface area contributed by atoms with Gasteiger partial charge in [-0.25, -0.2) is 8.42 Å². The molecule has 1 fully saturated rings. The monoisotopic (exact) mass is 653 g/mol.